The minimum absolute atomic E-state index is 0.00765. The van der Waals surface area contributed by atoms with Crippen molar-refractivity contribution >= 4 is 17.6 Å². The lowest BCUT2D eigenvalue weighted by Crippen LogP contribution is -2.53. The van der Waals surface area contributed by atoms with Gasteiger partial charge in [-0.15, -0.1) is 0 Å². The number of nitrogens with two attached hydrogens (primary N) is 1. The Hall–Kier alpha value is -1.79. The summed E-state index contributed by atoms with van der Waals surface area (Å²) in [4.78, 5) is 27.2. The first-order chi connectivity index (χ1) is 9.35. The van der Waals surface area contributed by atoms with Crippen molar-refractivity contribution in [3.63, 3.8) is 0 Å². The van der Waals surface area contributed by atoms with Gasteiger partial charge in [-0.2, -0.15) is 0 Å². The molecule has 0 aliphatic heterocycles. The molecule has 1 aliphatic carbocycles. The van der Waals surface area contributed by atoms with Crippen LogP contribution in [0.5, 0.6) is 0 Å². The number of carbonyl (C=O) groups is 2. The lowest BCUT2D eigenvalue weighted by atomic mass is 9.72. The maximum Gasteiger partial charge on any atom is 0.241 e. The van der Waals surface area contributed by atoms with Gasteiger partial charge in [0.15, 0.2) is 5.84 Å². The van der Waals surface area contributed by atoms with Gasteiger partial charge >= 0.3 is 0 Å². The summed E-state index contributed by atoms with van der Waals surface area (Å²) in [6.45, 7) is -0.00765. The summed E-state index contributed by atoms with van der Waals surface area (Å²) < 4.78 is 0. The number of amidine groups is 1. The Labute approximate surface area is 119 Å². The van der Waals surface area contributed by atoms with Crippen LogP contribution in [-0.2, 0) is 9.59 Å². The highest BCUT2D eigenvalue weighted by atomic mass is 16.4. The summed E-state index contributed by atoms with van der Waals surface area (Å²) in [5.74, 6) is -0.458. The number of likely N-dealkylation sites (N-methyl/N-ethyl adjacent to an activating group) is 2. The van der Waals surface area contributed by atoms with Crippen molar-refractivity contribution in [2.24, 2.45) is 16.3 Å². The van der Waals surface area contributed by atoms with Crippen LogP contribution in [0.25, 0.3) is 0 Å². The number of amides is 2. The number of hydrogen-bond acceptors (Lipinski definition) is 4. The standard InChI is InChI=1S/C13H24N4O3/c1-16(2)10(18)9-17(3)12(19)13(11(14)15-20)7-5-4-6-8-13/h20H,4-9H2,1-3H3,(H2,14,15). The third-order valence-electron chi connectivity index (χ3n) is 3.93. The third-order valence-corrected chi connectivity index (χ3v) is 3.93. The normalized spacial score (nSPS) is 18.4. The lowest BCUT2D eigenvalue weighted by Gasteiger charge is -2.37. The van der Waals surface area contributed by atoms with Crippen molar-refractivity contribution in [1.82, 2.24) is 9.80 Å². The van der Waals surface area contributed by atoms with Crippen molar-refractivity contribution in [2.45, 2.75) is 32.1 Å². The molecular formula is C13H24N4O3. The molecule has 0 aromatic carbocycles. The predicted octanol–water partition coefficient (Wildman–Crippen LogP) is 0.230. The molecule has 1 fully saturated rings. The number of oxime groups is 1. The van der Waals surface area contributed by atoms with Gasteiger partial charge in [0.05, 0.1) is 6.54 Å². The van der Waals surface area contributed by atoms with E-state index in [9.17, 15) is 9.59 Å². The van der Waals surface area contributed by atoms with Gasteiger partial charge in [-0.3, -0.25) is 9.59 Å². The van der Waals surface area contributed by atoms with E-state index in [4.69, 9.17) is 10.9 Å². The minimum atomic E-state index is -0.964. The predicted molar refractivity (Wildman–Crippen MR) is 75.3 cm³/mol. The molecule has 114 valence electrons. The van der Waals surface area contributed by atoms with E-state index in [1.54, 1.807) is 21.1 Å². The van der Waals surface area contributed by atoms with Crippen LogP contribution in [-0.4, -0.2) is 60.3 Å². The maximum absolute atomic E-state index is 12.7. The van der Waals surface area contributed by atoms with Crippen molar-refractivity contribution in [3.8, 4) is 0 Å². The molecule has 0 atom stereocenters. The van der Waals surface area contributed by atoms with Crippen molar-refractivity contribution in [3.05, 3.63) is 0 Å². The average molecular weight is 284 g/mol. The molecule has 0 aromatic heterocycles. The first-order valence-corrected chi connectivity index (χ1v) is 6.79. The first kappa shape index (κ1) is 16.3. The number of hydrogen-bond donors (Lipinski definition) is 2. The molecule has 3 N–H and O–H groups in total. The Balaban J connectivity index is 2.91. The van der Waals surface area contributed by atoms with Crippen molar-refractivity contribution in [2.75, 3.05) is 27.7 Å². The van der Waals surface area contributed by atoms with Crippen LogP contribution >= 0.6 is 0 Å². The lowest BCUT2D eigenvalue weighted by molar-refractivity contribution is -0.143. The molecule has 0 aromatic rings. The van der Waals surface area contributed by atoms with E-state index in [1.165, 1.54) is 9.80 Å². The molecule has 0 saturated heterocycles. The Morgan fingerprint density at radius 1 is 1.20 bits per heavy atom. The van der Waals surface area contributed by atoms with Crippen molar-refractivity contribution < 1.29 is 14.8 Å². The first-order valence-electron chi connectivity index (χ1n) is 6.79. The fourth-order valence-corrected chi connectivity index (χ4v) is 2.61. The zero-order chi connectivity index (χ0) is 15.3. The van der Waals surface area contributed by atoms with E-state index in [0.29, 0.717) is 12.8 Å². The average Bonchev–Trinajstić information content (AvgIpc) is 2.45. The molecule has 2 amide bonds. The van der Waals surface area contributed by atoms with Crippen molar-refractivity contribution in [1.29, 1.82) is 0 Å². The van der Waals surface area contributed by atoms with Crippen LogP contribution in [0.2, 0.25) is 0 Å². The Bertz CT molecular complexity index is 400. The molecule has 7 nitrogen and oxygen atoms in total. The summed E-state index contributed by atoms with van der Waals surface area (Å²) in [5.41, 5.74) is 4.81. The molecule has 1 rings (SSSR count). The van der Waals surface area contributed by atoms with Gasteiger partial charge in [0, 0.05) is 21.1 Å². The van der Waals surface area contributed by atoms with Crippen LogP contribution in [0.1, 0.15) is 32.1 Å². The van der Waals surface area contributed by atoms with E-state index < -0.39 is 5.41 Å². The SMILES string of the molecule is CN(C)C(=O)CN(C)C(=O)C1(C(N)=NO)CCCCC1. The van der Waals surface area contributed by atoms with Crippen LogP contribution in [0.3, 0.4) is 0 Å². The topological polar surface area (TPSA) is 99.2 Å². The van der Waals surface area contributed by atoms with Crippen LogP contribution in [0.15, 0.2) is 5.16 Å². The van der Waals surface area contributed by atoms with Gasteiger partial charge in [0.2, 0.25) is 11.8 Å². The largest absolute Gasteiger partial charge is 0.409 e. The van der Waals surface area contributed by atoms with E-state index in [0.717, 1.165) is 19.3 Å². The molecule has 0 heterocycles. The Kier molecular flexibility index (Phi) is 5.35. The number of carbonyl (C=O) groups excluding carboxylic acids is 2. The van der Waals surface area contributed by atoms with Gasteiger partial charge in [-0.05, 0) is 12.8 Å². The second kappa shape index (κ2) is 6.58. The maximum atomic E-state index is 12.7. The highest BCUT2D eigenvalue weighted by molar-refractivity contribution is 6.07. The monoisotopic (exact) mass is 284 g/mol. The zero-order valence-corrected chi connectivity index (χ0v) is 12.4. The Morgan fingerprint density at radius 3 is 2.20 bits per heavy atom. The van der Waals surface area contributed by atoms with E-state index in [2.05, 4.69) is 5.16 Å². The molecule has 0 bridgehead atoms. The smallest absolute Gasteiger partial charge is 0.241 e. The highest BCUT2D eigenvalue weighted by Crippen LogP contribution is 2.38. The molecule has 0 radical (unpaired) electrons. The quantitative estimate of drug-likeness (QED) is 0.334. The third kappa shape index (κ3) is 3.20. The highest BCUT2D eigenvalue weighted by Gasteiger charge is 2.45. The van der Waals surface area contributed by atoms with Gasteiger partial charge in [0.25, 0.3) is 0 Å². The summed E-state index contributed by atoms with van der Waals surface area (Å²) >= 11 is 0. The molecule has 0 unspecified atom stereocenters. The molecule has 20 heavy (non-hydrogen) atoms. The van der Waals surface area contributed by atoms with Crippen LogP contribution in [0, 0.1) is 5.41 Å². The number of rotatable bonds is 4. The van der Waals surface area contributed by atoms with E-state index >= 15 is 0 Å². The molecular weight excluding hydrogens is 260 g/mol. The molecule has 1 aliphatic rings. The van der Waals surface area contributed by atoms with E-state index in [1.807, 2.05) is 0 Å². The molecule has 1 saturated carbocycles. The fraction of sp³-hybridized carbons (Fsp3) is 0.769. The minimum Gasteiger partial charge on any atom is -0.409 e. The summed E-state index contributed by atoms with van der Waals surface area (Å²) in [7, 11) is 4.85. The molecule has 0 spiro atoms. The number of nitrogens with zero attached hydrogens (tertiary/aromatic N) is 3. The summed E-state index contributed by atoms with van der Waals surface area (Å²) in [6, 6.07) is 0. The Morgan fingerprint density at radius 2 is 1.75 bits per heavy atom. The zero-order valence-electron chi connectivity index (χ0n) is 12.4. The van der Waals surface area contributed by atoms with Gasteiger partial charge in [-0.25, -0.2) is 0 Å². The summed E-state index contributed by atoms with van der Waals surface area (Å²) in [6.07, 6.45) is 3.87. The molecule has 7 heteroatoms. The van der Waals surface area contributed by atoms with E-state index in [-0.39, 0.29) is 24.2 Å². The fourth-order valence-electron chi connectivity index (χ4n) is 2.61. The second-order valence-electron chi connectivity index (χ2n) is 5.58. The van der Waals surface area contributed by atoms with Crippen LogP contribution in [0.4, 0.5) is 0 Å². The summed E-state index contributed by atoms with van der Waals surface area (Å²) in [5, 5.41) is 12.0. The van der Waals surface area contributed by atoms with Gasteiger partial charge in [-0.1, -0.05) is 24.4 Å². The van der Waals surface area contributed by atoms with Gasteiger partial charge < -0.3 is 20.7 Å². The van der Waals surface area contributed by atoms with Crippen LogP contribution < -0.4 is 5.73 Å². The van der Waals surface area contributed by atoms with Gasteiger partial charge in [0.1, 0.15) is 5.41 Å². The second-order valence-corrected chi connectivity index (χ2v) is 5.58.